The summed E-state index contributed by atoms with van der Waals surface area (Å²) in [5, 5.41) is 0.955. The molecule has 2 aromatic rings. The highest BCUT2D eigenvalue weighted by atomic mass is 79.9. The van der Waals surface area contributed by atoms with Gasteiger partial charge < -0.3 is 0 Å². The largest absolute Gasteiger partial charge is 0.290 e. The van der Waals surface area contributed by atoms with E-state index in [1.54, 1.807) is 12.1 Å². The Morgan fingerprint density at radius 1 is 1.04 bits per heavy atom. The third-order valence-electron chi connectivity index (χ3n) is 4.72. The van der Waals surface area contributed by atoms with E-state index in [0.717, 1.165) is 35.1 Å². The second-order valence-corrected chi connectivity index (χ2v) is 7.86. The molecule has 2 aliphatic heterocycles. The highest BCUT2D eigenvalue weighted by Crippen LogP contribution is 2.43. The van der Waals surface area contributed by atoms with E-state index in [9.17, 15) is 4.79 Å². The van der Waals surface area contributed by atoms with Crippen LogP contribution in [0, 0.1) is 0 Å². The van der Waals surface area contributed by atoms with E-state index in [4.69, 9.17) is 23.2 Å². The second kappa shape index (κ2) is 6.34. The minimum absolute atomic E-state index is 0.0481. The number of benzene rings is 2. The van der Waals surface area contributed by atoms with Crippen LogP contribution in [0.4, 0.5) is 5.69 Å². The SMILES string of the molecule is O=C1C2CCCN2C(c2ccc(Br)cc2)N1c1ccc(Cl)c(Cl)c1. The Bertz CT molecular complexity index is 796. The van der Waals surface area contributed by atoms with Gasteiger partial charge in [0, 0.05) is 16.7 Å². The van der Waals surface area contributed by atoms with Gasteiger partial charge in [0.25, 0.3) is 0 Å². The van der Waals surface area contributed by atoms with Crippen molar-refractivity contribution in [3.8, 4) is 0 Å². The predicted molar refractivity (Wildman–Crippen MR) is 101 cm³/mol. The van der Waals surface area contributed by atoms with Crippen molar-refractivity contribution in [2.24, 2.45) is 0 Å². The summed E-state index contributed by atoms with van der Waals surface area (Å²) in [7, 11) is 0. The zero-order valence-corrected chi connectivity index (χ0v) is 15.9. The Hall–Kier alpha value is -1.07. The number of nitrogens with zero attached hydrogens (tertiary/aromatic N) is 2. The molecule has 2 aliphatic rings. The molecule has 0 aromatic heterocycles. The first-order valence-corrected chi connectivity index (χ1v) is 9.40. The number of carbonyl (C=O) groups is 1. The third kappa shape index (κ3) is 2.66. The smallest absolute Gasteiger partial charge is 0.246 e. The molecule has 2 saturated heterocycles. The van der Waals surface area contributed by atoms with Gasteiger partial charge in [0.2, 0.25) is 5.91 Å². The molecule has 1 amide bonds. The number of fused-ring (bicyclic) bond motifs is 1. The van der Waals surface area contributed by atoms with Crippen molar-refractivity contribution >= 4 is 50.7 Å². The van der Waals surface area contributed by atoms with Crippen LogP contribution in [0.25, 0.3) is 0 Å². The molecule has 24 heavy (non-hydrogen) atoms. The molecule has 124 valence electrons. The predicted octanol–water partition coefficient (Wildman–Crippen LogP) is 5.27. The fourth-order valence-corrected chi connectivity index (χ4v) is 4.21. The van der Waals surface area contributed by atoms with Gasteiger partial charge in [0.1, 0.15) is 6.17 Å². The monoisotopic (exact) mass is 424 g/mol. The number of rotatable bonds is 2. The Kier molecular flexibility index (Phi) is 4.33. The summed E-state index contributed by atoms with van der Waals surface area (Å²) in [6, 6.07) is 13.5. The van der Waals surface area contributed by atoms with Crippen LogP contribution in [0.15, 0.2) is 46.9 Å². The lowest BCUT2D eigenvalue weighted by Crippen LogP contribution is -2.32. The van der Waals surface area contributed by atoms with E-state index in [-0.39, 0.29) is 18.1 Å². The Morgan fingerprint density at radius 3 is 2.50 bits per heavy atom. The van der Waals surface area contributed by atoms with Crippen LogP contribution in [-0.2, 0) is 4.79 Å². The average molecular weight is 426 g/mol. The molecule has 0 radical (unpaired) electrons. The van der Waals surface area contributed by atoms with Crippen LogP contribution in [0.1, 0.15) is 24.6 Å². The summed E-state index contributed by atoms with van der Waals surface area (Å²) in [5.41, 5.74) is 1.89. The molecule has 0 aliphatic carbocycles. The number of hydrogen-bond donors (Lipinski definition) is 0. The lowest BCUT2D eigenvalue weighted by molar-refractivity contribution is -0.119. The number of carbonyl (C=O) groups excluding carboxylic acids is 1. The number of hydrogen-bond acceptors (Lipinski definition) is 2. The van der Waals surface area contributed by atoms with E-state index in [2.05, 4.69) is 33.0 Å². The summed E-state index contributed by atoms with van der Waals surface area (Å²) in [4.78, 5) is 17.2. The maximum absolute atomic E-state index is 13.0. The molecule has 0 N–H and O–H groups in total. The lowest BCUT2D eigenvalue weighted by atomic mass is 10.1. The Labute approximate surface area is 159 Å². The molecule has 3 nitrogen and oxygen atoms in total. The minimum Gasteiger partial charge on any atom is -0.290 e. The van der Waals surface area contributed by atoms with E-state index in [1.165, 1.54) is 0 Å². The summed E-state index contributed by atoms with van der Waals surface area (Å²) in [6.07, 6.45) is 1.86. The highest BCUT2D eigenvalue weighted by Gasteiger charge is 2.49. The Morgan fingerprint density at radius 2 is 1.79 bits per heavy atom. The van der Waals surface area contributed by atoms with Crippen LogP contribution in [0.5, 0.6) is 0 Å². The normalized spacial score (nSPS) is 23.8. The van der Waals surface area contributed by atoms with Crippen molar-refractivity contribution in [1.29, 1.82) is 0 Å². The molecule has 0 spiro atoms. The molecule has 2 heterocycles. The van der Waals surface area contributed by atoms with E-state index in [0.29, 0.717) is 10.0 Å². The molecule has 2 unspecified atom stereocenters. The first-order chi connectivity index (χ1) is 11.6. The molecule has 6 heteroatoms. The Balaban J connectivity index is 1.81. The van der Waals surface area contributed by atoms with Crippen molar-refractivity contribution in [3.05, 3.63) is 62.5 Å². The number of amides is 1. The van der Waals surface area contributed by atoms with Crippen LogP contribution >= 0.6 is 39.1 Å². The lowest BCUT2D eigenvalue weighted by Gasteiger charge is -2.30. The van der Waals surface area contributed by atoms with Gasteiger partial charge in [0.15, 0.2) is 0 Å². The second-order valence-electron chi connectivity index (χ2n) is 6.13. The van der Waals surface area contributed by atoms with Crippen LogP contribution in [0.2, 0.25) is 10.0 Å². The zero-order chi connectivity index (χ0) is 16.8. The van der Waals surface area contributed by atoms with Gasteiger partial charge in [-0.15, -0.1) is 0 Å². The van der Waals surface area contributed by atoms with Crippen molar-refractivity contribution in [2.75, 3.05) is 11.4 Å². The molecule has 0 saturated carbocycles. The van der Waals surface area contributed by atoms with Crippen molar-refractivity contribution < 1.29 is 4.79 Å². The fourth-order valence-electron chi connectivity index (χ4n) is 3.66. The quantitative estimate of drug-likeness (QED) is 0.654. The number of halogens is 3. The van der Waals surface area contributed by atoms with Gasteiger partial charge in [-0.2, -0.15) is 0 Å². The van der Waals surface area contributed by atoms with Crippen molar-refractivity contribution in [2.45, 2.75) is 25.0 Å². The van der Waals surface area contributed by atoms with Gasteiger partial charge in [-0.05, 0) is 48.7 Å². The first-order valence-electron chi connectivity index (χ1n) is 7.85. The summed E-state index contributed by atoms with van der Waals surface area (Å²) < 4.78 is 1.02. The molecule has 2 atom stereocenters. The van der Waals surface area contributed by atoms with E-state index >= 15 is 0 Å². The van der Waals surface area contributed by atoms with Gasteiger partial charge in [-0.1, -0.05) is 51.3 Å². The molecule has 4 rings (SSSR count). The van der Waals surface area contributed by atoms with Crippen LogP contribution in [0.3, 0.4) is 0 Å². The molecule has 2 aromatic carbocycles. The molecular weight excluding hydrogens is 411 g/mol. The summed E-state index contributed by atoms with van der Waals surface area (Å²) in [6.45, 7) is 0.926. The average Bonchev–Trinajstić information content (AvgIpc) is 3.14. The van der Waals surface area contributed by atoms with E-state index in [1.807, 2.05) is 23.1 Å². The number of anilines is 1. The zero-order valence-electron chi connectivity index (χ0n) is 12.8. The summed E-state index contributed by atoms with van der Waals surface area (Å²) >= 11 is 15.7. The molecular formula is C18H15BrCl2N2O. The van der Waals surface area contributed by atoms with Gasteiger partial charge >= 0.3 is 0 Å². The molecule has 2 fully saturated rings. The third-order valence-corrected chi connectivity index (χ3v) is 5.99. The maximum atomic E-state index is 13.0. The van der Waals surface area contributed by atoms with Gasteiger partial charge in [-0.25, -0.2) is 0 Å². The standard InChI is InChI=1S/C18H15BrCl2N2O/c19-12-5-3-11(4-6-12)17-22-9-1-2-16(22)18(24)23(17)13-7-8-14(20)15(21)10-13/h3-8,10,16-17H,1-2,9H2. The van der Waals surface area contributed by atoms with Gasteiger partial charge in [-0.3, -0.25) is 14.6 Å². The summed E-state index contributed by atoms with van der Waals surface area (Å²) in [5.74, 6) is 0.138. The van der Waals surface area contributed by atoms with Crippen molar-refractivity contribution in [3.63, 3.8) is 0 Å². The van der Waals surface area contributed by atoms with Crippen LogP contribution < -0.4 is 4.90 Å². The topological polar surface area (TPSA) is 23.6 Å². The molecule has 0 bridgehead atoms. The maximum Gasteiger partial charge on any atom is 0.246 e. The van der Waals surface area contributed by atoms with Crippen LogP contribution in [-0.4, -0.2) is 23.4 Å². The van der Waals surface area contributed by atoms with Crippen molar-refractivity contribution in [1.82, 2.24) is 4.90 Å². The first kappa shape index (κ1) is 16.4. The van der Waals surface area contributed by atoms with Gasteiger partial charge in [0.05, 0.1) is 16.1 Å². The van der Waals surface area contributed by atoms with E-state index < -0.39 is 0 Å². The minimum atomic E-state index is -0.102. The fraction of sp³-hybridized carbons (Fsp3) is 0.278. The highest BCUT2D eigenvalue weighted by molar-refractivity contribution is 9.10.